The Labute approximate surface area is 123 Å². The number of nitrogens with zero attached hydrogens (tertiary/aromatic N) is 1. The minimum Gasteiger partial charge on any atom is -0.497 e. The van der Waals surface area contributed by atoms with Crippen molar-refractivity contribution in [1.82, 2.24) is 4.90 Å². The van der Waals surface area contributed by atoms with Crippen LogP contribution >= 0.6 is 0 Å². The van der Waals surface area contributed by atoms with Gasteiger partial charge in [-0.2, -0.15) is 0 Å². The topological polar surface area (TPSA) is 38.5 Å². The Morgan fingerprint density at radius 2 is 2.00 bits per heavy atom. The SMILES string of the molecule is COc1ccc(N)c(CN(CC(C)C)C2CCCC2)c1. The summed E-state index contributed by atoms with van der Waals surface area (Å²) in [6.45, 7) is 6.65. The molecule has 0 aromatic heterocycles. The van der Waals surface area contributed by atoms with Crippen LogP contribution in [0.1, 0.15) is 45.1 Å². The first-order valence-corrected chi connectivity index (χ1v) is 7.76. The second kappa shape index (κ2) is 6.98. The maximum atomic E-state index is 6.14. The fraction of sp³-hybridized carbons (Fsp3) is 0.647. The average molecular weight is 276 g/mol. The molecule has 0 spiro atoms. The van der Waals surface area contributed by atoms with Crippen LogP contribution in [0.25, 0.3) is 0 Å². The van der Waals surface area contributed by atoms with Crippen LogP contribution in [-0.2, 0) is 6.54 Å². The van der Waals surface area contributed by atoms with E-state index in [2.05, 4.69) is 24.8 Å². The maximum absolute atomic E-state index is 6.14. The predicted octanol–water partition coefficient (Wildman–Crippen LogP) is 3.68. The molecule has 1 saturated carbocycles. The van der Waals surface area contributed by atoms with Gasteiger partial charge in [0.1, 0.15) is 5.75 Å². The molecule has 3 nitrogen and oxygen atoms in total. The third-order valence-corrected chi connectivity index (χ3v) is 4.16. The number of benzene rings is 1. The van der Waals surface area contributed by atoms with Crippen LogP contribution in [0.4, 0.5) is 5.69 Å². The van der Waals surface area contributed by atoms with Crippen molar-refractivity contribution in [2.45, 2.75) is 52.1 Å². The number of nitrogen functional groups attached to an aromatic ring is 1. The summed E-state index contributed by atoms with van der Waals surface area (Å²) in [6.07, 6.45) is 5.40. The lowest BCUT2D eigenvalue weighted by molar-refractivity contribution is 0.169. The zero-order valence-corrected chi connectivity index (χ0v) is 13.1. The van der Waals surface area contributed by atoms with Crippen LogP contribution in [-0.4, -0.2) is 24.6 Å². The number of hydrogen-bond donors (Lipinski definition) is 1. The molecule has 0 bridgehead atoms. The first kappa shape index (κ1) is 15.2. The third kappa shape index (κ3) is 3.89. The van der Waals surface area contributed by atoms with E-state index in [1.165, 1.54) is 31.2 Å². The fourth-order valence-corrected chi connectivity index (χ4v) is 3.15. The highest BCUT2D eigenvalue weighted by Gasteiger charge is 2.23. The van der Waals surface area contributed by atoms with Crippen molar-refractivity contribution >= 4 is 5.69 Å². The molecular weight excluding hydrogens is 248 g/mol. The van der Waals surface area contributed by atoms with E-state index < -0.39 is 0 Å². The molecule has 0 heterocycles. The van der Waals surface area contributed by atoms with E-state index in [0.29, 0.717) is 5.92 Å². The summed E-state index contributed by atoms with van der Waals surface area (Å²) in [5.41, 5.74) is 8.20. The molecule has 0 radical (unpaired) electrons. The standard InChI is InChI=1S/C17H28N2O/c1-13(2)11-19(15-6-4-5-7-15)12-14-10-16(20-3)8-9-17(14)18/h8-10,13,15H,4-7,11-12,18H2,1-3H3. The van der Waals surface area contributed by atoms with Crippen LogP contribution in [0.15, 0.2) is 18.2 Å². The first-order chi connectivity index (χ1) is 9.60. The van der Waals surface area contributed by atoms with E-state index in [4.69, 9.17) is 10.5 Å². The molecule has 1 aliphatic rings. The van der Waals surface area contributed by atoms with E-state index >= 15 is 0 Å². The van der Waals surface area contributed by atoms with Gasteiger partial charge in [-0.25, -0.2) is 0 Å². The normalized spacial score (nSPS) is 16.2. The summed E-state index contributed by atoms with van der Waals surface area (Å²) in [7, 11) is 1.71. The molecule has 2 rings (SSSR count). The largest absolute Gasteiger partial charge is 0.497 e. The number of anilines is 1. The van der Waals surface area contributed by atoms with Gasteiger partial charge in [0, 0.05) is 24.8 Å². The van der Waals surface area contributed by atoms with Crippen LogP contribution in [0.5, 0.6) is 5.75 Å². The van der Waals surface area contributed by atoms with Crippen LogP contribution in [0, 0.1) is 5.92 Å². The van der Waals surface area contributed by atoms with Gasteiger partial charge in [0.2, 0.25) is 0 Å². The minimum atomic E-state index is 0.683. The average Bonchev–Trinajstić information content (AvgIpc) is 2.94. The van der Waals surface area contributed by atoms with Gasteiger partial charge in [-0.1, -0.05) is 26.7 Å². The Hall–Kier alpha value is -1.22. The lowest BCUT2D eigenvalue weighted by Crippen LogP contribution is -2.35. The van der Waals surface area contributed by atoms with E-state index in [1.54, 1.807) is 7.11 Å². The van der Waals surface area contributed by atoms with Crippen molar-refractivity contribution in [1.29, 1.82) is 0 Å². The van der Waals surface area contributed by atoms with Gasteiger partial charge in [0.05, 0.1) is 7.11 Å². The lowest BCUT2D eigenvalue weighted by atomic mass is 10.1. The third-order valence-electron chi connectivity index (χ3n) is 4.16. The molecule has 1 aliphatic carbocycles. The highest BCUT2D eigenvalue weighted by molar-refractivity contribution is 5.50. The molecule has 3 heteroatoms. The van der Waals surface area contributed by atoms with Crippen molar-refractivity contribution < 1.29 is 4.74 Å². The van der Waals surface area contributed by atoms with Gasteiger partial charge < -0.3 is 10.5 Å². The first-order valence-electron chi connectivity index (χ1n) is 7.76. The van der Waals surface area contributed by atoms with Crippen molar-refractivity contribution in [3.05, 3.63) is 23.8 Å². The number of nitrogens with two attached hydrogens (primary N) is 1. The van der Waals surface area contributed by atoms with Gasteiger partial charge in [-0.05, 0) is 42.5 Å². The molecule has 0 atom stereocenters. The number of rotatable bonds is 6. The van der Waals surface area contributed by atoms with E-state index in [0.717, 1.165) is 30.6 Å². The van der Waals surface area contributed by atoms with E-state index in [9.17, 15) is 0 Å². The lowest BCUT2D eigenvalue weighted by Gasteiger charge is -2.31. The van der Waals surface area contributed by atoms with Crippen molar-refractivity contribution in [2.75, 3.05) is 19.4 Å². The quantitative estimate of drug-likeness (QED) is 0.806. The Bertz CT molecular complexity index is 425. The minimum absolute atomic E-state index is 0.683. The maximum Gasteiger partial charge on any atom is 0.119 e. The fourth-order valence-electron chi connectivity index (χ4n) is 3.15. The molecule has 1 fully saturated rings. The van der Waals surface area contributed by atoms with E-state index in [1.807, 2.05) is 12.1 Å². The summed E-state index contributed by atoms with van der Waals surface area (Å²) < 4.78 is 5.32. The van der Waals surface area contributed by atoms with Crippen LogP contribution in [0.2, 0.25) is 0 Å². The summed E-state index contributed by atoms with van der Waals surface area (Å²) in [5, 5.41) is 0. The molecule has 112 valence electrons. The zero-order valence-electron chi connectivity index (χ0n) is 13.1. The van der Waals surface area contributed by atoms with Gasteiger partial charge in [0.25, 0.3) is 0 Å². The Morgan fingerprint density at radius 3 is 2.60 bits per heavy atom. The van der Waals surface area contributed by atoms with Crippen molar-refractivity contribution in [3.63, 3.8) is 0 Å². The summed E-state index contributed by atoms with van der Waals surface area (Å²) in [4.78, 5) is 2.61. The van der Waals surface area contributed by atoms with E-state index in [-0.39, 0.29) is 0 Å². The zero-order chi connectivity index (χ0) is 14.5. The number of ether oxygens (including phenoxy) is 1. The second-order valence-corrected chi connectivity index (χ2v) is 6.33. The Kier molecular flexibility index (Phi) is 5.30. The molecule has 1 aromatic carbocycles. The summed E-state index contributed by atoms with van der Waals surface area (Å²) in [6, 6.07) is 6.69. The number of methoxy groups -OCH3 is 1. The summed E-state index contributed by atoms with van der Waals surface area (Å²) >= 11 is 0. The number of hydrogen-bond acceptors (Lipinski definition) is 3. The van der Waals surface area contributed by atoms with Crippen LogP contribution in [0.3, 0.4) is 0 Å². The smallest absolute Gasteiger partial charge is 0.119 e. The Balaban J connectivity index is 2.13. The molecule has 20 heavy (non-hydrogen) atoms. The van der Waals surface area contributed by atoms with Gasteiger partial charge >= 0.3 is 0 Å². The van der Waals surface area contributed by atoms with Gasteiger partial charge in [-0.15, -0.1) is 0 Å². The molecule has 2 N–H and O–H groups in total. The molecule has 0 unspecified atom stereocenters. The highest BCUT2D eigenvalue weighted by atomic mass is 16.5. The Morgan fingerprint density at radius 1 is 1.30 bits per heavy atom. The van der Waals surface area contributed by atoms with Gasteiger partial charge in [-0.3, -0.25) is 4.90 Å². The molecule has 0 amide bonds. The van der Waals surface area contributed by atoms with Crippen molar-refractivity contribution in [3.8, 4) is 5.75 Å². The molecule has 0 saturated heterocycles. The molecule has 1 aromatic rings. The monoisotopic (exact) mass is 276 g/mol. The van der Waals surface area contributed by atoms with Crippen LogP contribution < -0.4 is 10.5 Å². The van der Waals surface area contributed by atoms with Crippen molar-refractivity contribution in [2.24, 2.45) is 5.92 Å². The van der Waals surface area contributed by atoms with Gasteiger partial charge in [0.15, 0.2) is 0 Å². The predicted molar refractivity (Wildman–Crippen MR) is 84.9 cm³/mol. The second-order valence-electron chi connectivity index (χ2n) is 6.33. The summed E-state index contributed by atoms with van der Waals surface area (Å²) in [5.74, 6) is 1.58. The highest BCUT2D eigenvalue weighted by Crippen LogP contribution is 2.28. The molecule has 0 aliphatic heterocycles. The molecular formula is C17H28N2O.